The molecule has 0 saturated carbocycles. The van der Waals surface area contributed by atoms with Crippen molar-refractivity contribution in [3.63, 3.8) is 0 Å². The molecule has 120 valence electrons. The molecule has 0 radical (unpaired) electrons. The van der Waals surface area contributed by atoms with Gasteiger partial charge in [0.15, 0.2) is 0 Å². The number of ketones is 1. The van der Waals surface area contributed by atoms with Crippen LogP contribution in [0.1, 0.15) is 37.1 Å². The minimum atomic E-state index is -0.764. The molecular weight excluding hydrogens is 290 g/mol. The van der Waals surface area contributed by atoms with Crippen molar-refractivity contribution in [3.05, 3.63) is 66.0 Å². The largest absolute Gasteiger partial charge is 0.337 e. The van der Waals surface area contributed by atoms with E-state index in [9.17, 15) is 9.59 Å². The molecule has 1 aromatic carbocycles. The van der Waals surface area contributed by atoms with Gasteiger partial charge in [0.05, 0.1) is 17.8 Å². The number of Topliss-reactive ketones (excluding diaryl/α,β-unsaturated/α-hetero) is 1. The molecule has 1 heterocycles. The van der Waals surface area contributed by atoms with Gasteiger partial charge in [-0.05, 0) is 24.1 Å². The van der Waals surface area contributed by atoms with Crippen LogP contribution in [-0.2, 0) is 9.59 Å². The molecule has 2 atom stereocenters. The van der Waals surface area contributed by atoms with Crippen LogP contribution in [0.5, 0.6) is 0 Å². The molecule has 0 saturated heterocycles. The highest BCUT2D eigenvalue weighted by Gasteiger charge is 2.25. The second kappa shape index (κ2) is 8.19. The highest BCUT2D eigenvalue weighted by atomic mass is 16.2. The number of rotatable bonds is 7. The summed E-state index contributed by atoms with van der Waals surface area (Å²) in [5, 5.41) is 2.76. The number of nitrogens with one attached hydrogen (secondary N) is 1. The number of pyridine rings is 1. The van der Waals surface area contributed by atoms with Crippen LogP contribution < -0.4 is 11.1 Å². The normalized spacial score (nSPS) is 13.1. The summed E-state index contributed by atoms with van der Waals surface area (Å²) in [7, 11) is 0. The van der Waals surface area contributed by atoms with E-state index in [0.717, 1.165) is 12.0 Å². The van der Waals surface area contributed by atoms with Crippen LogP contribution in [0.4, 0.5) is 0 Å². The molecule has 2 unspecified atom stereocenters. The molecule has 0 aliphatic rings. The number of carbonyl (C=O) groups is 2. The van der Waals surface area contributed by atoms with E-state index in [1.54, 1.807) is 12.3 Å². The molecule has 5 heteroatoms. The lowest BCUT2D eigenvalue weighted by molar-refractivity contribution is -0.139. The van der Waals surface area contributed by atoms with Crippen LogP contribution in [0, 0.1) is 0 Å². The summed E-state index contributed by atoms with van der Waals surface area (Å²) in [4.78, 5) is 28.6. The maximum absolute atomic E-state index is 12.2. The van der Waals surface area contributed by atoms with Crippen molar-refractivity contribution in [1.82, 2.24) is 10.3 Å². The van der Waals surface area contributed by atoms with E-state index in [-0.39, 0.29) is 0 Å². The van der Waals surface area contributed by atoms with Crippen LogP contribution in [0.15, 0.2) is 54.7 Å². The molecule has 5 nitrogen and oxygen atoms in total. The molecule has 0 bridgehead atoms. The average molecular weight is 311 g/mol. The van der Waals surface area contributed by atoms with Gasteiger partial charge in [0.1, 0.15) is 0 Å². The van der Waals surface area contributed by atoms with E-state index in [4.69, 9.17) is 5.73 Å². The molecule has 1 aromatic heterocycles. The molecule has 0 spiro atoms. The highest BCUT2D eigenvalue weighted by molar-refractivity contribution is 6.38. The van der Waals surface area contributed by atoms with Gasteiger partial charge in [-0.15, -0.1) is 0 Å². The van der Waals surface area contributed by atoms with Gasteiger partial charge in [0.2, 0.25) is 5.78 Å². The van der Waals surface area contributed by atoms with Crippen molar-refractivity contribution in [2.75, 3.05) is 0 Å². The zero-order chi connectivity index (χ0) is 16.7. The summed E-state index contributed by atoms with van der Waals surface area (Å²) in [6.07, 6.45) is 2.90. The first-order chi connectivity index (χ1) is 11.1. The number of nitrogens with zero attached hydrogens (tertiary/aromatic N) is 1. The Kier molecular flexibility index (Phi) is 6.00. The second-order valence-electron chi connectivity index (χ2n) is 5.33. The third-order valence-corrected chi connectivity index (χ3v) is 3.55. The van der Waals surface area contributed by atoms with Crippen LogP contribution in [0.25, 0.3) is 0 Å². The van der Waals surface area contributed by atoms with Gasteiger partial charge in [-0.1, -0.05) is 49.7 Å². The van der Waals surface area contributed by atoms with Crippen LogP contribution >= 0.6 is 0 Å². The Labute approximate surface area is 135 Å². The lowest BCUT2D eigenvalue weighted by Crippen LogP contribution is -2.44. The molecule has 0 aliphatic heterocycles. The van der Waals surface area contributed by atoms with Crippen molar-refractivity contribution < 1.29 is 9.59 Å². The van der Waals surface area contributed by atoms with Gasteiger partial charge in [0, 0.05) is 6.20 Å². The number of amides is 1. The van der Waals surface area contributed by atoms with Gasteiger partial charge < -0.3 is 11.1 Å². The Bertz CT molecular complexity index is 604. The monoisotopic (exact) mass is 311 g/mol. The summed E-state index contributed by atoms with van der Waals surface area (Å²) >= 11 is 0. The zero-order valence-corrected chi connectivity index (χ0v) is 13.1. The standard InChI is InChI=1S/C18H21N3O2/c1-2-8-14(19)17(22)18(23)21-16(13-9-4-3-5-10-13)15-11-6-7-12-20-15/h3-7,9-12,14,16H,2,8,19H2,1H3,(H,21,23). The predicted octanol–water partition coefficient (Wildman–Crippen LogP) is 1.98. The molecular formula is C18H21N3O2. The lowest BCUT2D eigenvalue weighted by Gasteiger charge is -2.19. The van der Waals surface area contributed by atoms with Gasteiger partial charge >= 0.3 is 0 Å². The summed E-state index contributed by atoms with van der Waals surface area (Å²) in [6, 6.07) is 13.6. The van der Waals surface area contributed by atoms with Crippen LogP contribution in [0.2, 0.25) is 0 Å². The van der Waals surface area contributed by atoms with Crippen molar-refractivity contribution in [2.45, 2.75) is 31.8 Å². The van der Waals surface area contributed by atoms with Crippen molar-refractivity contribution >= 4 is 11.7 Å². The van der Waals surface area contributed by atoms with Gasteiger partial charge in [-0.2, -0.15) is 0 Å². The SMILES string of the molecule is CCCC(N)C(=O)C(=O)NC(c1ccccc1)c1ccccn1. The third kappa shape index (κ3) is 4.47. The van der Waals surface area contributed by atoms with Gasteiger partial charge in [0.25, 0.3) is 5.91 Å². The summed E-state index contributed by atoms with van der Waals surface area (Å²) in [5.74, 6) is -1.27. The van der Waals surface area contributed by atoms with Crippen molar-refractivity contribution in [1.29, 1.82) is 0 Å². The summed E-state index contributed by atoms with van der Waals surface area (Å²) < 4.78 is 0. The molecule has 3 N–H and O–H groups in total. The summed E-state index contributed by atoms with van der Waals surface area (Å²) in [6.45, 7) is 1.92. The molecule has 2 aromatic rings. The fraction of sp³-hybridized carbons (Fsp3) is 0.278. The van der Waals surface area contributed by atoms with E-state index >= 15 is 0 Å². The number of benzene rings is 1. The molecule has 0 fully saturated rings. The Morgan fingerprint density at radius 1 is 1.13 bits per heavy atom. The fourth-order valence-corrected chi connectivity index (χ4v) is 2.33. The number of aromatic nitrogens is 1. The topological polar surface area (TPSA) is 85.1 Å². The number of carbonyl (C=O) groups excluding carboxylic acids is 2. The van der Waals surface area contributed by atoms with Gasteiger partial charge in [-0.25, -0.2) is 0 Å². The molecule has 23 heavy (non-hydrogen) atoms. The zero-order valence-electron chi connectivity index (χ0n) is 13.1. The first kappa shape index (κ1) is 16.8. The minimum absolute atomic E-state index is 0.484. The maximum atomic E-state index is 12.2. The Morgan fingerprint density at radius 2 is 1.83 bits per heavy atom. The Morgan fingerprint density at radius 3 is 2.43 bits per heavy atom. The Balaban J connectivity index is 2.22. The number of hydrogen-bond donors (Lipinski definition) is 2. The van der Waals surface area contributed by atoms with Gasteiger partial charge in [-0.3, -0.25) is 14.6 Å². The number of nitrogens with two attached hydrogens (primary N) is 1. The quantitative estimate of drug-likeness (QED) is 0.766. The third-order valence-electron chi connectivity index (χ3n) is 3.55. The lowest BCUT2D eigenvalue weighted by atomic mass is 10.0. The van der Waals surface area contributed by atoms with E-state index < -0.39 is 23.8 Å². The Hall–Kier alpha value is -2.53. The van der Waals surface area contributed by atoms with E-state index in [1.807, 2.05) is 49.4 Å². The van der Waals surface area contributed by atoms with E-state index in [2.05, 4.69) is 10.3 Å². The van der Waals surface area contributed by atoms with E-state index in [1.165, 1.54) is 0 Å². The molecule has 0 aliphatic carbocycles. The molecule has 1 amide bonds. The van der Waals surface area contributed by atoms with Crippen LogP contribution in [0.3, 0.4) is 0 Å². The first-order valence-electron chi connectivity index (χ1n) is 7.69. The smallest absolute Gasteiger partial charge is 0.289 e. The molecule has 2 rings (SSSR count). The number of hydrogen-bond acceptors (Lipinski definition) is 4. The average Bonchev–Trinajstić information content (AvgIpc) is 2.60. The summed E-state index contributed by atoms with van der Waals surface area (Å²) in [5.41, 5.74) is 7.28. The predicted molar refractivity (Wildman–Crippen MR) is 88.6 cm³/mol. The van der Waals surface area contributed by atoms with E-state index in [0.29, 0.717) is 12.1 Å². The van der Waals surface area contributed by atoms with Crippen LogP contribution in [-0.4, -0.2) is 22.7 Å². The van der Waals surface area contributed by atoms with Crippen molar-refractivity contribution in [3.8, 4) is 0 Å². The minimum Gasteiger partial charge on any atom is -0.337 e. The first-order valence-corrected chi connectivity index (χ1v) is 7.69. The highest BCUT2D eigenvalue weighted by Crippen LogP contribution is 2.19. The fourth-order valence-electron chi connectivity index (χ4n) is 2.33. The second-order valence-corrected chi connectivity index (χ2v) is 5.33. The maximum Gasteiger partial charge on any atom is 0.289 e. The van der Waals surface area contributed by atoms with Crippen molar-refractivity contribution in [2.24, 2.45) is 5.73 Å².